The van der Waals surface area contributed by atoms with E-state index in [0.717, 1.165) is 19.4 Å². The van der Waals surface area contributed by atoms with Gasteiger partial charge in [-0.3, -0.25) is 4.79 Å². The van der Waals surface area contributed by atoms with Crippen LogP contribution in [0.4, 0.5) is 0 Å². The number of carbonyl (C=O) groups excluding carboxylic acids is 1. The van der Waals surface area contributed by atoms with Crippen LogP contribution >= 0.6 is 11.3 Å². The third-order valence-electron chi connectivity index (χ3n) is 1.89. The van der Waals surface area contributed by atoms with Gasteiger partial charge in [0.2, 0.25) is 0 Å². The van der Waals surface area contributed by atoms with Crippen LogP contribution in [0.3, 0.4) is 0 Å². The van der Waals surface area contributed by atoms with Crippen molar-refractivity contribution in [1.82, 2.24) is 10.3 Å². The lowest BCUT2D eigenvalue weighted by molar-refractivity contribution is -0.129. The largest absolute Gasteiger partial charge is 0.457 e. The quantitative estimate of drug-likeness (QED) is 0.764. The molecular formula is C8H10N2O2S. The second-order valence-electron chi connectivity index (χ2n) is 2.84. The maximum atomic E-state index is 11.3. The summed E-state index contributed by atoms with van der Waals surface area (Å²) in [6, 6.07) is 0. The van der Waals surface area contributed by atoms with Gasteiger partial charge in [0.15, 0.2) is 6.10 Å². The first-order valence-corrected chi connectivity index (χ1v) is 5.08. The highest BCUT2D eigenvalue weighted by atomic mass is 32.1. The van der Waals surface area contributed by atoms with Crippen molar-refractivity contribution in [3.8, 4) is 5.19 Å². The molecule has 1 aromatic rings. The van der Waals surface area contributed by atoms with E-state index in [1.165, 1.54) is 11.3 Å². The zero-order chi connectivity index (χ0) is 9.10. The number of nitrogens with one attached hydrogen (secondary N) is 1. The fourth-order valence-corrected chi connectivity index (χ4v) is 1.78. The molecule has 5 heteroatoms. The van der Waals surface area contributed by atoms with E-state index in [1.807, 2.05) is 5.38 Å². The molecule has 1 N–H and O–H groups in total. The molecule has 13 heavy (non-hydrogen) atoms. The second-order valence-corrected chi connectivity index (χ2v) is 3.69. The molecule has 4 nitrogen and oxygen atoms in total. The third-order valence-corrected chi connectivity index (χ3v) is 2.55. The fraction of sp³-hybridized carbons (Fsp3) is 0.500. The van der Waals surface area contributed by atoms with E-state index >= 15 is 0 Å². The van der Waals surface area contributed by atoms with E-state index in [1.54, 1.807) is 6.20 Å². The first-order valence-electron chi connectivity index (χ1n) is 4.20. The number of hydrogen-bond donors (Lipinski definition) is 1. The maximum absolute atomic E-state index is 11.3. The first kappa shape index (κ1) is 8.50. The molecule has 0 aliphatic carbocycles. The second kappa shape index (κ2) is 3.74. The Bertz CT molecular complexity index is 286. The lowest BCUT2D eigenvalue weighted by atomic mass is 10.1. The molecule has 1 saturated heterocycles. The van der Waals surface area contributed by atoms with Crippen LogP contribution in [0.15, 0.2) is 11.6 Å². The molecule has 2 rings (SSSR count). The van der Waals surface area contributed by atoms with Gasteiger partial charge in [0.05, 0.1) is 0 Å². The minimum absolute atomic E-state index is 0.0264. The van der Waals surface area contributed by atoms with Gasteiger partial charge in [0.25, 0.3) is 11.1 Å². The molecule has 0 radical (unpaired) electrons. The van der Waals surface area contributed by atoms with E-state index in [-0.39, 0.29) is 12.0 Å². The number of amides is 1. The lowest BCUT2D eigenvalue weighted by Crippen LogP contribution is -2.43. The predicted octanol–water partition coefficient (Wildman–Crippen LogP) is 0.800. The molecule has 1 aliphatic rings. The van der Waals surface area contributed by atoms with E-state index in [0.29, 0.717) is 5.19 Å². The van der Waals surface area contributed by atoms with Gasteiger partial charge in [-0.25, -0.2) is 4.98 Å². The number of hydrogen-bond acceptors (Lipinski definition) is 4. The molecule has 1 amide bonds. The molecule has 70 valence electrons. The minimum Gasteiger partial charge on any atom is -0.457 e. The summed E-state index contributed by atoms with van der Waals surface area (Å²) in [6.45, 7) is 0.760. The average Bonchev–Trinajstić information content (AvgIpc) is 2.61. The highest BCUT2D eigenvalue weighted by Gasteiger charge is 2.24. The van der Waals surface area contributed by atoms with Crippen LogP contribution in [-0.4, -0.2) is 23.5 Å². The Balaban J connectivity index is 1.97. The summed E-state index contributed by atoms with van der Waals surface area (Å²) < 4.78 is 5.40. The van der Waals surface area contributed by atoms with E-state index in [2.05, 4.69) is 10.3 Å². The van der Waals surface area contributed by atoms with Crippen LogP contribution in [-0.2, 0) is 4.79 Å². The summed E-state index contributed by atoms with van der Waals surface area (Å²) in [5.41, 5.74) is 0. The topological polar surface area (TPSA) is 51.2 Å². The molecule has 0 saturated carbocycles. The van der Waals surface area contributed by atoms with Crippen LogP contribution in [0.25, 0.3) is 0 Å². The average molecular weight is 198 g/mol. The Labute approximate surface area is 79.9 Å². The summed E-state index contributed by atoms with van der Waals surface area (Å²) >= 11 is 1.41. The third kappa shape index (κ3) is 1.98. The normalized spacial score (nSPS) is 22.5. The van der Waals surface area contributed by atoms with Crippen molar-refractivity contribution in [2.75, 3.05) is 6.54 Å². The molecule has 1 aliphatic heterocycles. The van der Waals surface area contributed by atoms with Gasteiger partial charge in [-0.1, -0.05) is 11.3 Å². The van der Waals surface area contributed by atoms with E-state index in [9.17, 15) is 4.79 Å². The van der Waals surface area contributed by atoms with Gasteiger partial charge < -0.3 is 10.1 Å². The van der Waals surface area contributed by atoms with Crippen molar-refractivity contribution in [2.45, 2.75) is 18.9 Å². The Morgan fingerprint density at radius 3 is 3.31 bits per heavy atom. The van der Waals surface area contributed by atoms with Crippen molar-refractivity contribution in [3.63, 3.8) is 0 Å². The maximum Gasteiger partial charge on any atom is 0.273 e. The molecule has 0 bridgehead atoms. The summed E-state index contributed by atoms with van der Waals surface area (Å²) in [7, 11) is 0. The number of carbonyl (C=O) groups is 1. The molecule has 1 aromatic heterocycles. The Morgan fingerprint density at radius 2 is 2.62 bits per heavy atom. The number of piperidine rings is 1. The van der Waals surface area contributed by atoms with E-state index in [4.69, 9.17) is 4.74 Å². The van der Waals surface area contributed by atoms with Crippen LogP contribution in [0.2, 0.25) is 0 Å². The number of nitrogens with zero attached hydrogens (tertiary/aromatic N) is 1. The van der Waals surface area contributed by atoms with Crippen molar-refractivity contribution in [3.05, 3.63) is 11.6 Å². The molecule has 0 spiro atoms. The fourth-order valence-electron chi connectivity index (χ4n) is 1.25. The van der Waals surface area contributed by atoms with Gasteiger partial charge >= 0.3 is 0 Å². The highest BCUT2D eigenvalue weighted by Crippen LogP contribution is 2.18. The number of ether oxygens (including phenoxy) is 1. The molecular weight excluding hydrogens is 188 g/mol. The van der Waals surface area contributed by atoms with Gasteiger partial charge in [-0.15, -0.1) is 0 Å². The monoisotopic (exact) mass is 198 g/mol. The Hall–Kier alpha value is -1.10. The van der Waals surface area contributed by atoms with Crippen molar-refractivity contribution >= 4 is 17.2 Å². The first-order chi connectivity index (χ1) is 6.36. The Kier molecular flexibility index (Phi) is 2.44. The van der Waals surface area contributed by atoms with Crippen molar-refractivity contribution in [2.24, 2.45) is 0 Å². The van der Waals surface area contributed by atoms with Crippen LogP contribution < -0.4 is 10.1 Å². The number of thiazole rings is 1. The Morgan fingerprint density at radius 1 is 1.69 bits per heavy atom. The van der Waals surface area contributed by atoms with Gasteiger partial charge in [0, 0.05) is 18.1 Å². The summed E-state index contributed by atoms with van der Waals surface area (Å²) in [4.78, 5) is 15.2. The molecule has 1 fully saturated rings. The van der Waals surface area contributed by atoms with Crippen LogP contribution in [0, 0.1) is 0 Å². The van der Waals surface area contributed by atoms with Crippen LogP contribution in [0.1, 0.15) is 12.8 Å². The highest BCUT2D eigenvalue weighted by molar-refractivity contribution is 7.11. The van der Waals surface area contributed by atoms with Crippen molar-refractivity contribution < 1.29 is 9.53 Å². The number of aromatic nitrogens is 1. The molecule has 1 atom stereocenters. The summed E-state index contributed by atoms with van der Waals surface area (Å²) in [5, 5.41) is 5.16. The standard InChI is InChI=1S/C8H10N2O2S/c11-7-6(2-1-3-9-7)12-8-10-4-5-13-8/h4-6H,1-3H2,(H,9,11). The SMILES string of the molecule is O=C1NCCCC1Oc1nccs1. The van der Waals surface area contributed by atoms with Crippen LogP contribution in [0.5, 0.6) is 5.19 Å². The minimum atomic E-state index is -0.347. The van der Waals surface area contributed by atoms with Gasteiger partial charge in [-0.2, -0.15) is 0 Å². The zero-order valence-corrected chi connectivity index (χ0v) is 7.84. The predicted molar refractivity (Wildman–Crippen MR) is 48.8 cm³/mol. The summed E-state index contributed by atoms with van der Waals surface area (Å²) in [6.07, 6.45) is 3.08. The van der Waals surface area contributed by atoms with Gasteiger partial charge in [0.1, 0.15) is 0 Å². The molecule has 2 heterocycles. The summed E-state index contributed by atoms with van der Waals surface area (Å²) in [5.74, 6) is -0.0264. The van der Waals surface area contributed by atoms with Gasteiger partial charge in [-0.05, 0) is 12.8 Å². The van der Waals surface area contributed by atoms with Crippen molar-refractivity contribution in [1.29, 1.82) is 0 Å². The zero-order valence-electron chi connectivity index (χ0n) is 7.03. The molecule has 0 aromatic carbocycles. The molecule has 1 unspecified atom stereocenters. The lowest BCUT2D eigenvalue weighted by Gasteiger charge is -2.21. The smallest absolute Gasteiger partial charge is 0.273 e. The number of rotatable bonds is 2. The van der Waals surface area contributed by atoms with E-state index < -0.39 is 0 Å².